The third-order valence-corrected chi connectivity index (χ3v) is 13.6. The standard InChI is InChI=1S/C31H43F3N6O5.C27H35F3N6O5.CH4/c1-8-38(9-2)28-35-19-24(40(20(3)4)27(42)31(32,33)34)25(37-28)36-23(26(41)45-30(5,6)7)18-21-12-14-22(15-13-21)44-29(43)39-16-10-11-17-39;1-5-34(6-2)25-31-16-21(36(17(3)4)24(39)27(28,29)30)22(33-25)32-20(23(37)38)15-18-9-11-19(12-10-18)41-26(40)35-13-7-8-14-35;/h12-15,19-20,23H,8-11,16-18H2,1-7H3,(H,35,36,37);9-12,16-17,20H,5-8,13-15H2,1-4H3,(H,37,38)(H,31,32,33);1H4/t23-;20-;/m00./s1. The zero-order valence-corrected chi connectivity index (χ0v) is 50.3. The molecule has 4 amide bonds. The van der Waals surface area contributed by atoms with Crippen molar-refractivity contribution in [1.29, 1.82) is 0 Å². The monoisotopic (exact) mass is 1230 g/mol. The SMILES string of the molecule is C.CCN(CC)c1ncc(N(C(=O)C(F)(F)F)C(C)C)c(N[C@@H](Cc2ccc(OC(=O)N3CCCC3)cc2)C(=O)O)n1.CCN(CC)c1ncc(N(C(=O)C(F)(F)F)C(C)C)c(N[C@@H](Cc2ccc(OC(=O)N3CCCC3)cc2)C(=O)OC(C)(C)C)n1. The fourth-order valence-corrected chi connectivity index (χ4v) is 9.22. The number of aliphatic carboxylic acids is 1. The van der Waals surface area contributed by atoms with Gasteiger partial charge in [0, 0.05) is 77.3 Å². The Morgan fingerprint density at radius 3 is 1.21 bits per heavy atom. The number of halogens is 6. The number of nitrogens with zero attached hydrogens (tertiary/aromatic N) is 10. The van der Waals surface area contributed by atoms with E-state index in [2.05, 4.69) is 30.6 Å². The van der Waals surface area contributed by atoms with E-state index in [0.717, 1.165) is 38.1 Å². The molecule has 2 fully saturated rings. The van der Waals surface area contributed by atoms with Crippen LogP contribution < -0.4 is 39.7 Å². The largest absolute Gasteiger partial charge is 0.480 e. The number of esters is 1. The second-order valence-electron chi connectivity index (χ2n) is 21.8. The molecule has 0 unspecified atom stereocenters. The number of anilines is 6. The second kappa shape index (κ2) is 31.4. The topological polar surface area (TPSA) is 245 Å². The maximum atomic E-state index is 13.7. The molecule has 2 aromatic heterocycles. The summed E-state index contributed by atoms with van der Waals surface area (Å²) in [6.45, 7) is 22.7. The molecule has 0 bridgehead atoms. The van der Waals surface area contributed by atoms with Gasteiger partial charge < -0.3 is 49.6 Å². The van der Waals surface area contributed by atoms with E-state index in [1.54, 1.807) is 88.9 Å². The molecule has 22 nitrogen and oxygen atoms in total. The molecule has 0 radical (unpaired) electrons. The van der Waals surface area contributed by atoms with E-state index in [9.17, 15) is 60.2 Å². The third-order valence-electron chi connectivity index (χ3n) is 13.6. The van der Waals surface area contributed by atoms with Crippen molar-refractivity contribution < 1.29 is 74.4 Å². The summed E-state index contributed by atoms with van der Waals surface area (Å²) in [6.07, 6.45) is -5.34. The van der Waals surface area contributed by atoms with Crippen molar-refractivity contribution in [1.82, 2.24) is 29.7 Å². The normalized spacial score (nSPS) is 14.0. The van der Waals surface area contributed by atoms with Crippen LogP contribution in [0.3, 0.4) is 0 Å². The number of alkyl halides is 6. The van der Waals surface area contributed by atoms with Crippen molar-refractivity contribution >= 4 is 70.8 Å². The van der Waals surface area contributed by atoms with Gasteiger partial charge in [0.05, 0.1) is 12.4 Å². The summed E-state index contributed by atoms with van der Waals surface area (Å²) in [5.41, 5.74) is -0.208. The number of carbonyl (C=O) groups is 6. The van der Waals surface area contributed by atoms with Gasteiger partial charge in [-0.2, -0.15) is 36.3 Å². The van der Waals surface area contributed by atoms with E-state index in [0.29, 0.717) is 84.8 Å². The fourth-order valence-electron chi connectivity index (χ4n) is 9.22. The van der Waals surface area contributed by atoms with Gasteiger partial charge in [-0.15, -0.1) is 0 Å². The lowest BCUT2D eigenvalue weighted by atomic mass is 10.0. The van der Waals surface area contributed by atoms with E-state index in [-0.39, 0.29) is 55.2 Å². The number of carboxylic acids is 1. The smallest absolute Gasteiger partial charge is 0.471 e. The minimum atomic E-state index is -5.18. The van der Waals surface area contributed by atoms with E-state index >= 15 is 0 Å². The van der Waals surface area contributed by atoms with Crippen LogP contribution in [-0.2, 0) is 36.8 Å². The molecule has 0 saturated carbocycles. The number of amides is 4. The van der Waals surface area contributed by atoms with Gasteiger partial charge in [0.15, 0.2) is 11.6 Å². The number of ether oxygens (including phenoxy) is 3. The number of carbonyl (C=O) groups excluding carboxylic acids is 5. The molecule has 2 saturated heterocycles. The maximum Gasteiger partial charge on any atom is 0.471 e. The van der Waals surface area contributed by atoms with Gasteiger partial charge in [0.2, 0.25) is 11.9 Å². The van der Waals surface area contributed by atoms with Crippen LogP contribution in [0.25, 0.3) is 0 Å². The summed E-state index contributed by atoms with van der Waals surface area (Å²) in [4.78, 5) is 100. The molecule has 0 spiro atoms. The highest BCUT2D eigenvalue weighted by atomic mass is 19.4. The lowest BCUT2D eigenvalue weighted by Crippen LogP contribution is -2.46. The zero-order chi connectivity index (χ0) is 63.8. The van der Waals surface area contributed by atoms with Crippen LogP contribution in [0.5, 0.6) is 11.5 Å². The Hall–Kier alpha value is -8.20. The van der Waals surface area contributed by atoms with E-state index < -0.39 is 78.1 Å². The Labute approximate surface area is 503 Å². The molecule has 2 aromatic carbocycles. The molecular weight excluding hydrogens is 1150 g/mol. The molecule has 2 aliphatic rings. The Morgan fingerprint density at radius 1 is 0.575 bits per heavy atom. The molecule has 87 heavy (non-hydrogen) atoms. The lowest BCUT2D eigenvalue weighted by molar-refractivity contribution is -0.170. The van der Waals surface area contributed by atoms with E-state index in [1.807, 2.05) is 27.7 Å². The number of nitrogens with one attached hydrogen (secondary N) is 2. The summed E-state index contributed by atoms with van der Waals surface area (Å²) in [6, 6.07) is 8.53. The van der Waals surface area contributed by atoms with Crippen LogP contribution in [-0.4, -0.2) is 165 Å². The first-order valence-electron chi connectivity index (χ1n) is 28.5. The minimum Gasteiger partial charge on any atom is -0.480 e. The van der Waals surface area contributed by atoms with E-state index in [1.165, 1.54) is 27.7 Å². The number of hydrogen-bond donors (Lipinski definition) is 3. The first-order valence-corrected chi connectivity index (χ1v) is 28.5. The summed E-state index contributed by atoms with van der Waals surface area (Å²) in [5, 5.41) is 15.7. The average molecular weight is 1230 g/mol. The fraction of sp³-hybridized carbons (Fsp3) is 0.559. The molecular formula is C59H82F6N12O10. The van der Waals surface area contributed by atoms with Crippen LogP contribution in [0, 0.1) is 0 Å². The van der Waals surface area contributed by atoms with Gasteiger partial charge in [0.25, 0.3) is 0 Å². The number of hydrogen-bond acceptors (Lipinski definition) is 17. The summed E-state index contributed by atoms with van der Waals surface area (Å²) in [5.74, 6) is -5.54. The first-order chi connectivity index (χ1) is 40.4. The molecule has 4 heterocycles. The number of benzene rings is 2. The van der Waals surface area contributed by atoms with Crippen LogP contribution in [0.1, 0.15) is 120 Å². The zero-order valence-electron chi connectivity index (χ0n) is 50.3. The molecule has 480 valence electrons. The molecule has 28 heteroatoms. The molecule has 6 rings (SSSR count). The Balaban J connectivity index is 0.000000370. The first kappa shape index (κ1) is 71.3. The molecule has 4 aromatic rings. The number of rotatable bonds is 22. The minimum absolute atomic E-state index is 0. The van der Waals surface area contributed by atoms with Gasteiger partial charge in [0.1, 0.15) is 40.6 Å². The summed E-state index contributed by atoms with van der Waals surface area (Å²) >= 11 is 0. The Morgan fingerprint density at radius 2 is 0.908 bits per heavy atom. The maximum absolute atomic E-state index is 13.7. The average Bonchev–Trinajstić information content (AvgIpc) is 4.43. The highest BCUT2D eigenvalue weighted by Crippen LogP contribution is 2.35. The molecule has 2 aliphatic heterocycles. The summed E-state index contributed by atoms with van der Waals surface area (Å²) in [7, 11) is 0. The highest BCUT2D eigenvalue weighted by molar-refractivity contribution is 6.01. The van der Waals surface area contributed by atoms with Crippen LogP contribution in [0.4, 0.5) is 70.8 Å². The highest BCUT2D eigenvalue weighted by Gasteiger charge is 2.46. The number of likely N-dealkylation sites (tertiary alicyclic amines) is 2. The summed E-state index contributed by atoms with van der Waals surface area (Å²) < 4.78 is 98.0. The predicted molar refractivity (Wildman–Crippen MR) is 318 cm³/mol. The van der Waals surface area contributed by atoms with Gasteiger partial charge in [-0.25, -0.2) is 29.1 Å². The number of aromatic nitrogens is 4. The van der Waals surface area contributed by atoms with E-state index in [4.69, 9.17) is 14.2 Å². The van der Waals surface area contributed by atoms with Gasteiger partial charge >= 0.3 is 48.3 Å². The quantitative estimate of drug-likeness (QED) is 0.0489. The molecule has 3 N–H and O–H groups in total. The van der Waals surface area contributed by atoms with Crippen LogP contribution in [0.2, 0.25) is 0 Å². The van der Waals surface area contributed by atoms with Crippen molar-refractivity contribution in [2.75, 3.05) is 82.6 Å². The van der Waals surface area contributed by atoms with Crippen molar-refractivity contribution in [3.63, 3.8) is 0 Å². The van der Waals surface area contributed by atoms with Crippen molar-refractivity contribution in [3.05, 3.63) is 72.1 Å². The molecule has 0 aliphatic carbocycles. The predicted octanol–water partition coefficient (Wildman–Crippen LogP) is 10.6. The van der Waals surface area contributed by atoms with Gasteiger partial charge in [-0.05, 0) is 137 Å². The van der Waals surface area contributed by atoms with Crippen molar-refractivity contribution in [2.45, 2.75) is 164 Å². The second-order valence-corrected chi connectivity index (χ2v) is 21.8. The number of carboxylic acid groups (broad SMARTS) is 1. The van der Waals surface area contributed by atoms with Crippen LogP contribution >= 0.6 is 0 Å². The lowest BCUT2D eigenvalue weighted by Gasteiger charge is -2.31. The third kappa shape index (κ3) is 20.2. The van der Waals surface area contributed by atoms with Gasteiger partial charge in [-0.1, -0.05) is 31.7 Å². The Bertz CT molecular complexity index is 2930. The Kier molecular flexibility index (Phi) is 25.8. The van der Waals surface area contributed by atoms with Crippen molar-refractivity contribution in [3.8, 4) is 11.5 Å². The van der Waals surface area contributed by atoms with Crippen molar-refractivity contribution in [2.24, 2.45) is 0 Å². The van der Waals surface area contributed by atoms with Crippen LogP contribution in [0.15, 0.2) is 60.9 Å². The molecule has 2 atom stereocenters. The van der Waals surface area contributed by atoms with Gasteiger partial charge in [-0.3, -0.25) is 19.4 Å².